The van der Waals surface area contributed by atoms with Crippen molar-refractivity contribution in [3.8, 4) is 11.3 Å². The van der Waals surface area contributed by atoms with Crippen molar-refractivity contribution in [3.05, 3.63) is 52.7 Å². The zero-order valence-corrected chi connectivity index (χ0v) is 19.7. The van der Waals surface area contributed by atoms with Crippen LogP contribution in [0, 0.1) is 6.92 Å². The molecule has 32 heavy (non-hydrogen) atoms. The summed E-state index contributed by atoms with van der Waals surface area (Å²) in [6.45, 7) is 10.8. The van der Waals surface area contributed by atoms with Gasteiger partial charge in [-0.1, -0.05) is 0 Å². The van der Waals surface area contributed by atoms with E-state index in [4.69, 9.17) is 4.98 Å². The monoisotopic (exact) mass is 430 g/mol. The molecule has 5 rings (SSSR count). The van der Waals surface area contributed by atoms with E-state index in [0.29, 0.717) is 11.0 Å². The topological polar surface area (TPSA) is 68.8 Å². The zero-order valence-electron chi connectivity index (χ0n) is 19.7. The molecule has 0 N–H and O–H groups in total. The Morgan fingerprint density at radius 3 is 2.47 bits per heavy atom. The lowest BCUT2D eigenvalue weighted by Gasteiger charge is -2.54. The summed E-state index contributed by atoms with van der Waals surface area (Å²) in [5.41, 5.74) is 4.01. The molecule has 0 bridgehead atoms. The molecule has 0 radical (unpaired) electrons. The number of aromatic nitrogens is 5. The molecule has 0 unspecified atom stereocenters. The van der Waals surface area contributed by atoms with Crippen molar-refractivity contribution in [2.45, 2.75) is 65.0 Å². The maximum atomic E-state index is 13.5. The van der Waals surface area contributed by atoms with E-state index in [2.05, 4.69) is 61.8 Å². The van der Waals surface area contributed by atoms with Gasteiger partial charge in [-0.3, -0.25) is 14.5 Å². The van der Waals surface area contributed by atoms with Gasteiger partial charge in [-0.05, 0) is 83.7 Å². The highest BCUT2D eigenvalue weighted by molar-refractivity contribution is 5.87. The Kier molecular flexibility index (Phi) is 4.45. The second-order valence-electron chi connectivity index (χ2n) is 10.3. The minimum absolute atomic E-state index is 0.0732. The summed E-state index contributed by atoms with van der Waals surface area (Å²) in [5.74, 6) is 0. The highest BCUT2D eigenvalue weighted by atomic mass is 16.1. The fourth-order valence-corrected chi connectivity index (χ4v) is 5.45. The van der Waals surface area contributed by atoms with Gasteiger partial charge in [0.15, 0.2) is 5.65 Å². The average Bonchev–Trinajstić information content (AvgIpc) is 3.09. The SMILES string of the molecule is Cc1cc(-c2ccc3c(=O)n(N4C(C)(C)CCCC4(C)C)cnc3n2)cc2cn(C)nc12. The van der Waals surface area contributed by atoms with E-state index in [9.17, 15) is 4.79 Å². The second-order valence-corrected chi connectivity index (χ2v) is 10.3. The first-order chi connectivity index (χ1) is 15.1. The summed E-state index contributed by atoms with van der Waals surface area (Å²) in [7, 11) is 1.92. The Balaban J connectivity index is 1.62. The molecule has 7 heteroatoms. The van der Waals surface area contributed by atoms with Gasteiger partial charge in [0.05, 0.1) is 27.7 Å². The molecule has 0 amide bonds. The fraction of sp³-hybridized carbons (Fsp3) is 0.440. The Morgan fingerprint density at radius 2 is 1.75 bits per heavy atom. The van der Waals surface area contributed by atoms with E-state index in [-0.39, 0.29) is 16.6 Å². The lowest BCUT2D eigenvalue weighted by molar-refractivity contribution is 0.181. The number of piperidine rings is 1. The van der Waals surface area contributed by atoms with Crippen LogP contribution in [-0.2, 0) is 7.05 Å². The van der Waals surface area contributed by atoms with Crippen LogP contribution < -0.4 is 10.6 Å². The molecule has 0 aliphatic carbocycles. The molecule has 0 atom stereocenters. The van der Waals surface area contributed by atoms with Crippen molar-refractivity contribution >= 4 is 21.9 Å². The number of benzene rings is 1. The average molecular weight is 431 g/mol. The fourth-order valence-electron chi connectivity index (χ4n) is 5.45. The third kappa shape index (κ3) is 3.18. The van der Waals surface area contributed by atoms with Crippen LogP contribution in [0.4, 0.5) is 0 Å². The van der Waals surface area contributed by atoms with Crippen LogP contribution in [0.5, 0.6) is 0 Å². The first kappa shape index (κ1) is 20.7. The van der Waals surface area contributed by atoms with Gasteiger partial charge in [-0.25, -0.2) is 14.6 Å². The number of fused-ring (bicyclic) bond motifs is 2. The number of nitrogens with zero attached hydrogens (tertiary/aromatic N) is 6. The van der Waals surface area contributed by atoms with Crippen LogP contribution in [0.3, 0.4) is 0 Å². The van der Waals surface area contributed by atoms with Crippen LogP contribution in [0.15, 0.2) is 41.6 Å². The van der Waals surface area contributed by atoms with E-state index >= 15 is 0 Å². The van der Waals surface area contributed by atoms with Crippen LogP contribution in [0.2, 0.25) is 0 Å². The molecule has 7 nitrogen and oxygen atoms in total. The summed E-state index contributed by atoms with van der Waals surface area (Å²) in [5, 5.41) is 8.33. The lowest BCUT2D eigenvalue weighted by atomic mass is 9.81. The predicted octanol–water partition coefficient (Wildman–Crippen LogP) is 4.33. The lowest BCUT2D eigenvalue weighted by Crippen LogP contribution is -2.66. The van der Waals surface area contributed by atoms with Crippen LogP contribution in [0.25, 0.3) is 33.2 Å². The summed E-state index contributed by atoms with van der Waals surface area (Å²) >= 11 is 0. The summed E-state index contributed by atoms with van der Waals surface area (Å²) in [6.07, 6.45) is 6.87. The Bertz CT molecular complexity index is 1400. The van der Waals surface area contributed by atoms with Gasteiger partial charge >= 0.3 is 0 Å². The highest BCUT2D eigenvalue weighted by Crippen LogP contribution is 2.36. The number of hydrogen-bond donors (Lipinski definition) is 0. The molecule has 1 aliphatic heterocycles. The van der Waals surface area contributed by atoms with Crippen LogP contribution in [-0.4, -0.2) is 35.5 Å². The van der Waals surface area contributed by atoms with Gasteiger partial charge in [0, 0.05) is 24.2 Å². The third-order valence-electron chi connectivity index (χ3n) is 6.75. The smallest absolute Gasteiger partial charge is 0.281 e. The first-order valence-electron chi connectivity index (χ1n) is 11.2. The van der Waals surface area contributed by atoms with Crippen molar-refractivity contribution < 1.29 is 0 Å². The van der Waals surface area contributed by atoms with Gasteiger partial charge < -0.3 is 0 Å². The molecule has 1 fully saturated rings. The van der Waals surface area contributed by atoms with Crippen LogP contribution >= 0.6 is 0 Å². The molecular formula is C25H30N6O. The summed E-state index contributed by atoms with van der Waals surface area (Å²) < 4.78 is 3.53. The number of pyridine rings is 1. The van der Waals surface area contributed by atoms with Gasteiger partial charge in [-0.2, -0.15) is 5.10 Å². The normalized spacial score (nSPS) is 17.9. The van der Waals surface area contributed by atoms with E-state index in [1.54, 1.807) is 11.0 Å². The molecule has 166 valence electrons. The third-order valence-corrected chi connectivity index (χ3v) is 6.75. The maximum absolute atomic E-state index is 13.5. The van der Waals surface area contributed by atoms with E-state index < -0.39 is 0 Å². The molecule has 3 aromatic heterocycles. The quantitative estimate of drug-likeness (QED) is 0.473. The highest BCUT2D eigenvalue weighted by Gasteiger charge is 2.42. The van der Waals surface area contributed by atoms with Gasteiger partial charge in [0.2, 0.25) is 0 Å². The van der Waals surface area contributed by atoms with Gasteiger partial charge in [0.25, 0.3) is 5.56 Å². The van der Waals surface area contributed by atoms with Crippen molar-refractivity contribution in [2.24, 2.45) is 7.05 Å². The molecule has 1 aliphatic rings. The van der Waals surface area contributed by atoms with Gasteiger partial charge in [0.1, 0.15) is 6.33 Å². The Morgan fingerprint density at radius 1 is 1.03 bits per heavy atom. The number of aryl methyl sites for hydroxylation is 2. The Labute approximate surface area is 187 Å². The molecular weight excluding hydrogens is 400 g/mol. The first-order valence-corrected chi connectivity index (χ1v) is 11.2. The van der Waals surface area contributed by atoms with Crippen molar-refractivity contribution in [3.63, 3.8) is 0 Å². The minimum atomic E-state index is -0.134. The maximum Gasteiger partial charge on any atom is 0.281 e. The summed E-state index contributed by atoms with van der Waals surface area (Å²) in [4.78, 5) is 22.9. The summed E-state index contributed by atoms with van der Waals surface area (Å²) in [6, 6.07) is 7.95. The number of hydrogen-bond acceptors (Lipinski definition) is 5. The predicted molar refractivity (Wildman–Crippen MR) is 128 cm³/mol. The Hall–Kier alpha value is -3.22. The second kappa shape index (κ2) is 6.89. The molecule has 0 saturated carbocycles. The van der Waals surface area contributed by atoms with Crippen LogP contribution in [0.1, 0.15) is 52.5 Å². The molecule has 4 heterocycles. The van der Waals surface area contributed by atoms with Crippen molar-refractivity contribution in [1.82, 2.24) is 24.4 Å². The van der Waals surface area contributed by atoms with E-state index in [1.165, 1.54) is 0 Å². The minimum Gasteiger partial charge on any atom is -0.298 e. The number of rotatable bonds is 2. The zero-order chi connectivity index (χ0) is 22.8. The molecule has 1 aromatic carbocycles. The van der Waals surface area contributed by atoms with Gasteiger partial charge in [-0.15, -0.1) is 0 Å². The molecule has 4 aromatic rings. The van der Waals surface area contributed by atoms with E-state index in [0.717, 1.165) is 47.0 Å². The molecule has 0 spiro atoms. The largest absolute Gasteiger partial charge is 0.298 e. The van der Waals surface area contributed by atoms with E-state index in [1.807, 2.05) is 30.1 Å². The van der Waals surface area contributed by atoms with Crippen molar-refractivity contribution in [2.75, 3.05) is 5.01 Å². The standard InChI is InChI=1S/C25H30N6O/c1-16-12-17(13-18-14-29(6)28-21(16)18)20-9-8-19-22(27-20)26-15-30(23(19)32)31-24(2,3)10-7-11-25(31,4)5/h8-9,12-15H,7,10-11H2,1-6H3. The molecule has 1 saturated heterocycles. The van der Waals surface area contributed by atoms with Crippen molar-refractivity contribution in [1.29, 1.82) is 0 Å².